The molecule has 0 saturated heterocycles. The molecule has 2 bridgehead atoms. The van der Waals surface area contributed by atoms with Crippen LogP contribution < -0.4 is 10.1 Å². The van der Waals surface area contributed by atoms with E-state index in [1.807, 2.05) is 47.7 Å². The van der Waals surface area contributed by atoms with Crippen LogP contribution in [0.2, 0.25) is 0 Å². The van der Waals surface area contributed by atoms with Gasteiger partial charge in [0.1, 0.15) is 11.9 Å². The van der Waals surface area contributed by atoms with Gasteiger partial charge in [-0.3, -0.25) is 9.36 Å². The Morgan fingerprint density at radius 2 is 2.06 bits per heavy atom. The fraction of sp³-hybridized carbons (Fsp3) is 0.292. The van der Waals surface area contributed by atoms with E-state index in [2.05, 4.69) is 22.3 Å². The van der Waals surface area contributed by atoms with Crippen LogP contribution in [0.3, 0.4) is 0 Å². The molecule has 4 aromatic rings. The molecule has 0 aliphatic carbocycles. The van der Waals surface area contributed by atoms with Crippen LogP contribution in [0, 0.1) is 12.7 Å². The average molecular weight is 433 g/mol. The first-order valence-electron chi connectivity index (χ1n) is 10.7. The van der Waals surface area contributed by atoms with Crippen LogP contribution in [-0.2, 0) is 13.1 Å². The van der Waals surface area contributed by atoms with Crippen LogP contribution in [0.25, 0.3) is 22.5 Å². The molecule has 1 aliphatic rings. The maximum atomic E-state index is 14.3. The van der Waals surface area contributed by atoms with Crippen molar-refractivity contribution in [2.45, 2.75) is 40.0 Å². The van der Waals surface area contributed by atoms with Gasteiger partial charge < -0.3 is 10.1 Å². The molecule has 4 heterocycles. The van der Waals surface area contributed by atoms with Crippen LogP contribution in [-0.4, -0.2) is 31.6 Å². The molecule has 0 spiro atoms. The van der Waals surface area contributed by atoms with Crippen molar-refractivity contribution in [2.24, 2.45) is 0 Å². The van der Waals surface area contributed by atoms with Crippen LogP contribution >= 0.6 is 0 Å². The smallest absolute Gasteiger partial charge is 0.168 e. The maximum Gasteiger partial charge on any atom is 0.168 e. The van der Waals surface area contributed by atoms with Gasteiger partial charge >= 0.3 is 0 Å². The summed E-state index contributed by atoms with van der Waals surface area (Å²) >= 11 is 0. The topological polar surface area (TPSA) is 69.8 Å². The highest BCUT2D eigenvalue weighted by molar-refractivity contribution is 5.70. The molecule has 0 unspecified atom stereocenters. The van der Waals surface area contributed by atoms with Gasteiger partial charge in [-0.25, -0.2) is 9.37 Å². The summed E-state index contributed by atoms with van der Waals surface area (Å²) in [5.41, 5.74) is 6.37. The number of hydrogen-bond donors (Lipinski definition) is 1. The van der Waals surface area contributed by atoms with Gasteiger partial charge in [0, 0.05) is 42.0 Å². The van der Waals surface area contributed by atoms with E-state index in [0.29, 0.717) is 18.1 Å². The third-order valence-electron chi connectivity index (χ3n) is 5.83. The van der Waals surface area contributed by atoms with E-state index < -0.39 is 6.10 Å². The van der Waals surface area contributed by atoms with E-state index in [0.717, 1.165) is 45.9 Å². The van der Waals surface area contributed by atoms with Crippen LogP contribution in [0.15, 0.2) is 42.7 Å². The van der Waals surface area contributed by atoms with Gasteiger partial charge in [0.25, 0.3) is 0 Å². The van der Waals surface area contributed by atoms with E-state index in [-0.39, 0.29) is 5.82 Å². The zero-order valence-electron chi connectivity index (χ0n) is 18.6. The molecule has 0 fully saturated rings. The molecule has 5 rings (SSSR count). The normalized spacial score (nSPS) is 15.0. The first-order chi connectivity index (χ1) is 15.5. The lowest BCUT2D eigenvalue weighted by molar-refractivity contribution is 0.227. The molecule has 1 aromatic carbocycles. The summed E-state index contributed by atoms with van der Waals surface area (Å²) in [5.74, 6) is 0.926. The first kappa shape index (κ1) is 20.2. The molecule has 0 amide bonds. The highest BCUT2D eigenvalue weighted by Crippen LogP contribution is 2.38. The Balaban J connectivity index is 1.81. The Labute approximate surface area is 185 Å². The molecular weight excluding hydrogens is 407 g/mol. The number of pyridine rings is 1. The Morgan fingerprint density at radius 3 is 2.84 bits per heavy atom. The predicted octanol–water partition coefficient (Wildman–Crippen LogP) is 4.82. The van der Waals surface area contributed by atoms with Crippen molar-refractivity contribution in [1.29, 1.82) is 0 Å². The van der Waals surface area contributed by atoms with Crippen molar-refractivity contribution in [1.82, 2.24) is 24.5 Å². The second-order valence-electron chi connectivity index (χ2n) is 7.98. The molecule has 1 atom stereocenters. The summed E-state index contributed by atoms with van der Waals surface area (Å²) in [7, 11) is 1.80. The zero-order chi connectivity index (χ0) is 22.4. The Morgan fingerprint density at radius 1 is 1.22 bits per heavy atom. The van der Waals surface area contributed by atoms with Crippen LogP contribution in [0.1, 0.15) is 36.8 Å². The standard InChI is InChI=1S/C24H25FN6O/c1-5-30-23-16-9-22(24(26-4)27-11-16)32-15(3)20-10-18(25)6-7-19(20)21-8-14(2)29-31(21)13-17(23)12-28-30/h6-12,15H,5,13H2,1-4H3,(H,26,27)/t15-/m1/s1. The van der Waals surface area contributed by atoms with Crippen molar-refractivity contribution in [3.05, 3.63) is 65.4 Å². The number of nitrogens with one attached hydrogen (secondary N) is 1. The van der Waals surface area contributed by atoms with E-state index in [1.165, 1.54) is 12.1 Å². The van der Waals surface area contributed by atoms with E-state index in [9.17, 15) is 4.39 Å². The molecular formula is C24H25FN6O. The lowest BCUT2D eigenvalue weighted by Gasteiger charge is -2.22. The summed E-state index contributed by atoms with van der Waals surface area (Å²) in [5, 5.41) is 12.4. The van der Waals surface area contributed by atoms with Crippen molar-refractivity contribution in [2.75, 3.05) is 12.4 Å². The van der Waals surface area contributed by atoms with E-state index in [1.54, 1.807) is 13.1 Å². The Kier molecular flexibility index (Phi) is 4.92. The number of halogens is 1. The number of nitrogens with zero attached hydrogens (tertiary/aromatic N) is 5. The van der Waals surface area contributed by atoms with Crippen LogP contribution in [0.5, 0.6) is 5.75 Å². The minimum absolute atomic E-state index is 0.304. The van der Waals surface area contributed by atoms with Gasteiger partial charge in [0.15, 0.2) is 11.6 Å². The third-order valence-corrected chi connectivity index (χ3v) is 5.83. The fourth-order valence-corrected chi connectivity index (χ4v) is 4.37. The lowest BCUT2D eigenvalue weighted by atomic mass is 9.99. The van der Waals surface area contributed by atoms with Gasteiger partial charge in [0.2, 0.25) is 0 Å². The van der Waals surface area contributed by atoms with Crippen LogP contribution in [0.4, 0.5) is 10.2 Å². The highest BCUT2D eigenvalue weighted by atomic mass is 19.1. The summed E-state index contributed by atoms with van der Waals surface area (Å²) in [4.78, 5) is 4.58. The van der Waals surface area contributed by atoms with Gasteiger partial charge in [-0.05, 0) is 51.1 Å². The number of anilines is 1. The molecule has 1 N–H and O–H groups in total. The summed E-state index contributed by atoms with van der Waals surface area (Å²) in [6.45, 7) is 7.21. The predicted molar refractivity (Wildman–Crippen MR) is 121 cm³/mol. The molecule has 32 heavy (non-hydrogen) atoms. The molecule has 1 aliphatic heterocycles. The molecule has 0 radical (unpaired) electrons. The average Bonchev–Trinajstić information content (AvgIpc) is 3.35. The van der Waals surface area contributed by atoms with Crippen molar-refractivity contribution in [3.63, 3.8) is 0 Å². The first-order valence-corrected chi connectivity index (χ1v) is 10.7. The van der Waals surface area contributed by atoms with Crippen molar-refractivity contribution < 1.29 is 9.13 Å². The number of hydrogen-bond acceptors (Lipinski definition) is 5. The maximum absolute atomic E-state index is 14.3. The molecule has 7 nitrogen and oxygen atoms in total. The molecule has 8 heteroatoms. The monoisotopic (exact) mass is 432 g/mol. The Bertz CT molecular complexity index is 1310. The summed E-state index contributed by atoms with van der Waals surface area (Å²) in [6, 6.07) is 8.81. The largest absolute Gasteiger partial charge is 0.482 e. The zero-order valence-corrected chi connectivity index (χ0v) is 18.6. The van der Waals surface area contributed by atoms with Gasteiger partial charge in [0.05, 0.1) is 29.8 Å². The molecule has 3 aromatic heterocycles. The minimum atomic E-state index is -0.413. The minimum Gasteiger partial charge on any atom is -0.482 e. The number of ether oxygens (including phenoxy) is 1. The highest BCUT2D eigenvalue weighted by Gasteiger charge is 2.23. The Hall–Kier alpha value is -3.68. The summed E-state index contributed by atoms with van der Waals surface area (Å²) in [6.07, 6.45) is 3.29. The van der Waals surface area contributed by atoms with Gasteiger partial charge in [-0.1, -0.05) is 0 Å². The van der Waals surface area contributed by atoms with Gasteiger partial charge in [-0.15, -0.1) is 0 Å². The quantitative estimate of drug-likeness (QED) is 0.492. The number of fused-ring (bicyclic) bond motifs is 7. The number of aromatic nitrogens is 5. The van der Waals surface area contributed by atoms with Crippen molar-refractivity contribution >= 4 is 5.82 Å². The van der Waals surface area contributed by atoms with E-state index in [4.69, 9.17) is 9.84 Å². The fourth-order valence-electron chi connectivity index (χ4n) is 4.37. The van der Waals surface area contributed by atoms with E-state index >= 15 is 0 Å². The summed E-state index contributed by atoms with van der Waals surface area (Å²) < 4.78 is 24.6. The number of aryl methyl sites for hydroxylation is 2. The number of benzene rings is 1. The third kappa shape index (κ3) is 3.32. The SMILES string of the molecule is CCn1ncc2c1-c1cnc(NC)c(c1)O[C@H](C)c1cc(F)ccc1-c1cc(C)nn1C2. The van der Waals surface area contributed by atoms with Crippen molar-refractivity contribution in [3.8, 4) is 28.3 Å². The number of rotatable bonds is 2. The molecule has 164 valence electrons. The second-order valence-corrected chi connectivity index (χ2v) is 7.98. The molecule has 0 saturated carbocycles. The second kappa shape index (κ2) is 7.78. The van der Waals surface area contributed by atoms with Gasteiger partial charge in [-0.2, -0.15) is 10.2 Å². The lowest BCUT2D eigenvalue weighted by Crippen LogP contribution is -2.12.